The highest BCUT2D eigenvalue weighted by Gasteiger charge is 2.28. The van der Waals surface area contributed by atoms with Crippen LogP contribution >= 0.6 is 0 Å². The first-order chi connectivity index (χ1) is 8.16. The minimum absolute atomic E-state index is 0.123. The number of hydrogen-bond acceptors (Lipinski definition) is 3. The van der Waals surface area contributed by atoms with Crippen molar-refractivity contribution in [2.75, 3.05) is 13.1 Å². The van der Waals surface area contributed by atoms with E-state index in [1.807, 2.05) is 12.4 Å². The quantitative estimate of drug-likeness (QED) is 0.865. The zero-order valence-electron chi connectivity index (χ0n) is 10.7. The van der Waals surface area contributed by atoms with Gasteiger partial charge in [-0.05, 0) is 43.4 Å². The fourth-order valence-electron chi connectivity index (χ4n) is 2.54. The minimum Gasteiger partial charge on any atom is -0.393 e. The second-order valence-corrected chi connectivity index (χ2v) is 5.23. The van der Waals surface area contributed by atoms with E-state index in [0.29, 0.717) is 12.0 Å². The number of piperidine rings is 1. The standard InChI is InChI=1S/C14H22N2O/c1-11-10-16(12(2)9-14(11)17)8-5-13-3-6-15-7-4-13/h3-4,6-7,11-12,14,17H,5,8-10H2,1-2H3. The fourth-order valence-corrected chi connectivity index (χ4v) is 2.54. The van der Waals surface area contributed by atoms with Crippen LogP contribution in [0.15, 0.2) is 24.5 Å². The van der Waals surface area contributed by atoms with Crippen LogP contribution in [0.5, 0.6) is 0 Å². The Labute approximate surface area is 103 Å². The van der Waals surface area contributed by atoms with Gasteiger partial charge in [0, 0.05) is 31.5 Å². The molecule has 1 fully saturated rings. The average Bonchev–Trinajstić information content (AvgIpc) is 2.33. The van der Waals surface area contributed by atoms with Crippen LogP contribution in [-0.2, 0) is 6.42 Å². The van der Waals surface area contributed by atoms with Crippen molar-refractivity contribution in [1.29, 1.82) is 0 Å². The summed E-state index contributed by atoms with van der Waals surface area (Å²) < 4.78 is 0. The highest BCUT2D eigenvalue weighted by atomic mass is 16.3. The summed E-state index contributed by atoms with van der Waals surface area (Å²) >= 11 is 0. The maximum absolute atomic E-state index is 9.82. The number of aliphatic hydroxyl groups is 1. The lowest BCUT2D eigenvalue weighted by molar-refractivity contribution is 0.00624. The van der Waals surface area contributed by atoms with Gasteiger partial charge in [-0.3, -0.25) is 9.88 Å². The first-order valence-corrected chi connectivity index (χ1v) is 6.48. The van der Waals surface area contributed by atoms with Crippen molar-refractivity contribution in [3.63, 3.8) is 0 Å². The van der Waals surface area contributed by atoms with E-state index in [4.69, 9.17) is 0 Å². The smallest absolute Gasteiger partial charge is 0.0592 e. The molecular weight excluding hydrogens is 212 g/mol. The summed E-state index contributed by atoms with van der Waals surface area (Å²) in [5.74, 6) is 0.392. The second kappa shape index (κ2) is 5.61. The monoisotopic (exact) mass is 234 g/mol. The molecule has 3 unspecified atom stereocenters. The van der Waals surface area contributed by atoms with Crippen molar-refractivity contribution in [2.24, 2.45) is 5.92 Å². The van der Waals surface area contributed by atoms with Crippen LogP contribution in [0.1, 0.15) is 25.8 Å². The van der Waals surface area contributed by atoms with Gasteiger partial charge in [0.1, 0.15) is 0 Å². The number of hydrogen-bond donors (Lipinski definition) is 1. The molecule has 0 bridgehead atoms. The van der Waals surface area contributed by atoms with Gasteiger partial charge in [-0.15, -0.1) is 0 Å². The van der Waals surface area contributed by atoms with Gasteiger partial charge in [0.05, 0.1) is 6.10 Å². The molecule has 0 radical (unpaired) electrons. The third-order valence-corrected chi connectivity index (χ3v) is 3.82. The van der Waals surface area contributed by atoms with Gasteiger partial charge in [-0.25, -0.2) is 0 Å². The van der Waals surface area contributed by atoms with Crippen LogP contribution < -0.4 is 0 Å². The maximum Gasteiger partial charge on any atom is 0.0592 e. The van der Waals surface area contributed by atoms with E-state index < -0.39 is 0 Å². The molecule has 0 aliphatic carbocycles. The van der Waals surface area contributed by atoms with Gasteiger partial charge in [0.2, 0.25) is 0 Å². The number of likely N-dealkylation sites (tertiary alicyclic amines) is 1. The summed E-state index contributed by atoms with van der Waals surface area (Å²) in [5, 5.41) is 9.82. The molecule has 3 atom stereocenters. The van der Waals surface area contributed by atoms with E-state index in [-0.39, 0.29) is 6.10 Å². The first-order valence-electron chi connectivity index (χ1n) is 6.48. The molecule has 1 N–H and O–H groups in total. The van der Waals surface area contributed by atoms with Crippen molar-refractivity contribution in [3.8, 4) is 0 Å². The molecule has 0 spiro atoms. The van der Waals surface area contributed by atoms with E-state index >= 15 is 0 Å². The molecule has 2 heterocycles. The number of nitrogens with zero attached hydrogens (tertiary/aromatic N) is 2. The summed E-state index contributed by atoms with van der Waals surface area (Å²) in [4.78, 5) is 6.51. The van der Waals surface area contributed by atoms with Gasteiger partial charge in [0.25, 0.3) is 0 Å². The van der Waals surface area contributed by atoms with Crippen LogP contribution in [0, 0.1) is 5.92 Å². The number of rotatable bonds is 3. The van der Waals surface area contributed by atoms with Crippen LogP contribution in [0.4, 0.5) is 0 Å². The molecule has 1 aromatic heterocycles. The molecule has 0 saturated carbocycles. The molecule has 0 amide bonds. The van der Waals surface area contributed by atoms with Crippen molar-refractivity contribution in [3.05, 3.63) is 30.1 Å². The molecule has 0 aromatic carbocycles. The van der Waals surface area contributed by atoms with Gasteiger partial charge in [-0.2, -0.15) is 0 Å². The summed E-state index contributed by atoms with van der Waals surface area (Å²) in [6, 6.07) is 4.64. The lowest BCUT2D eigenvalue weighted by Crippen LogP contribution is -2.48. The van der Waals surface area contributed by atoms with E-state index in [1.54, 1.807) is 0 Å². The number of pyridine rings is 1. The highest BCUT2D eigenvalue weighted by Crippen LogP contribution is 2.22. The van der Waals surface area contributed by atoms with Crippen molar-refractivity contribution in [2.45, 2.75) is 38.8 Å². The molecule has 3 heteroatoms. The van der Waals surface area contributed by atoms with Gasteiger partial charge < -0.3 is 5.11 Å². The molecule has 94 valence electrons. The molecule has 1 aliphatic rings. The Hall–Kier alpha value is -0.930. The summed E-state index contributed by atoms with van der Waals surface area (Å²) in [5.41, 5.74) is 1.34. The van der Waals surface area contributed by atoms with E-state index in [2.05, 4.69) is 35.9 Å². The molecule has 17 heavy (non-hydrogen) atoms. The fraction of sp³-hybridized carbons (Fsp3) is 0.643. The largest absolute Gasteiger partial charge is 0.393 e. The zero-order valence-corrected chi connectivity index (χ0v) is 10.7. The topological polar surface area (TPSA) is 36.4 Å². The SMILES string of the molecule is CC1CN(CCc2ccncc2)C(C)CC1O. The molecule has 2 rings (SSSR count). The lowest BCUT2D eigenvalue weighted by atomic mass is 9.91. The van der Waals surface area contributed by atoms with Crippen molar-refractivity contribution in [1.82, 2.24) is 9.88 Å². The predicted octanol–water partition coefficient (Wildman–Crippen LogP) is 1.72. The normalized spacial score (nSPS) is 30.4. The van der Waals surface area contributed by atoms with Crippen LogP contribution in [-0.4, -0.2) is 40.2 Å². The van der Waals surface area contributed by atoms with Gasteiger partial charge in [-0.1, -0.05) is 6.92 Å². The highest BCUT2D eigenvalue weighted by molar-refractivity contribution is 5.10. The van der Waals surface area contributed by atoms with Crippen LogP contribution in [0.25, 0.3) is 0 Å². The Morgan fingerprint density at radius 1 is 1.35 bits per heavy atom. The Bertz CT molecular complexity index is 341. The molecule has 3 nitrogen and oxygen atoms in total. The Balaban J connectivity index is 1.87. The lowest BCUT2D eigenvalue weighted by Gasteiger charge is -2.39. The third kappa shape index (κ3) is 3.27. The molecule has 1 aromatic rings. The Morgan fingerprint density at radius 3 is 2.76 bits per heavy atom. The summed E-state index contributed by atoms with van der Waals surface area (Å²) in [6.07, 6.45) is 5.54. The maximum atomic E-state index is 9.82. The molecular formula is C14H22N2O. The van der Waals surface area contributed by atoms with Crippen molar-refractivity contribution >= 4 is 0 Å². The van der Waals surface area contributed by atoms with Gasteiger partial charge in [0.15, 0.2) is 0 Å². The van der Waals surface area contributed by atoms with E-state index in [0.717, 1.165) is 25.9 Å². The van der Waals surface area contributed by atoms with Gasteiger partial charge >= 0.3 is 0 Å². The molecule has 1 aliphatic heterocycles. The van der Waals surface area contributed by atoms with Crippen LogP contribution in [0.3, 0.4) is 0 Å². The zero-order chi connectivity index (χ0) is 12.3. The second-order valence-electron chi connectivity index (χ2n) is 5.23. The van der Waals surface area contributed by atoms with E-state index in [1.165, 1.54) is 5.56 Å². The third-order valence-electron chi connectivity index (χ3n) is 3.82. The minimum atomic E-state index is -0.123. The Kier molecular flexibility index (Phi) is 4.13. The average molecular weight is 234 g/mol. The predicted molar refractivity (Wildman–Crippen MR) is 68.8 cm³/mol. The summed E-state index contributed by atoms with van der Waals surface area (Å²) in [7, 11) is 0. The van der Waals surface area contributed by atoms with E-state index in [9.17, 15) is 5.11 Å². The van der Waals surface area contributed by atoms with Crippen LogP contribution in [0.2, 0.25) is 0 Å². The molecule has 1 saturated heterocycles. The first kappa shape index (κ1) is 12.5. The summed E-state index contributed by atoms with van der Waals surface area (Å²) in [6.45, 7) is 6.42. The number of aromatic nitrogens is 1. The van der Waals surface area contributed by atoms with Crippen molar-refractivity contribution < 1.29 is 5.11 Å². The number of aliphatic hydroxyl groups excluding tert-OH is 1. The Morgan fingerprint density at radius 2 is 2.06 bits per heavy atom.